The lowest BCUT2D eigenvalue weighted by Gasteiger charge is -2.19. The quantitative estimate of drug-likeness (QED) is 0.440. The van der Waals surface area contributed by atoms with Crippen molar-refractivity contribution < 1.29 is 9.59 Å². The maximum absolute atomic E-state index is 13.8. The van der Waals surface area contributed by atoms with Gasteiger partial charge >= 0.3 is 0 Å². The van der Waals surface area contributed by atoms with Gasteiger partial charge in [-0.05, 0) is 56.2 Å². The number of carbonyl (C=O) groups is 2. The average Bonchev–Trinajstić information content (AvgIpc) is 2.80. The van der Waals surface area contributed by atoms with E-state index in [1.165, 1.54) is 11.5 Å². The molecule has 166 valence electrons. The molecule has 6 nitrogen and oxygen atoms in total. The number of nitrogens with zero attached hydrogens (tertiary/aromatic N) is 2. The van der Waals surface area contributed by atoms with E-state index in [0.29, 0.717) is 27.8 Å². The number of rotatable bonds is 5. The summed E-state index contributed by atoms with van der Waals surface area (Å²) in [6, 6.07) is 19.1. The fourth-order valence-corrected chi connectivity index (χ4v) is 3.96. The molecule has 0 unspecified atom stereocenters. The van der Waals surface area contributed by atoms with Gasteiger partial charge in [0.1, 0.15) is 5.69 Å². The Labute approximate surface area is 191 Å². The molecule has 0 saturated carbocycles. The first-order valence-corrected chi connectivity index (χ1v) is 10.8. The van der Waals surface area contributed by atoms with Crippen LogP contribution in [0.3, 0.4) is 0 Å². The molecule has 0 bridgehead atoms. The summed E-state index contributed by atoms with van der Waals surface area (Å²) in [7, 11) is 0. The molecular formula is C27H25N3O3. The van der Waals surface area contributed by atoms with E-state index in [2.05, 4.69) is 10.3 Å². The Hall–Kier alpha value is -4.06. The van der Waals surface area contributed by atoms with E-state index in [0.717, 1.165) is 11.1 Å². The van der Waals surface area contributed by atoms with Crippen LogP contribution in [-0.4, -0.2) is 21.2 Å². The van der Waals surface area contributed by atoms with Crippen molar-refractivity contribution in [1.29, 1.82) is 0 Å². The minimum absolute atomic E-state index is 0.155. The van der Waals surface area contributed by atoms with Crippen LogP contribution in [0.4, 0.5) is 5.69 Å². The lowest BCUT2D eigenvalue weighted by Crippen LogP contribution is -2.30. The van der Waals surface area contributed by atoms with Gasteiger partial charge in [-0.15, -0.1) is 0 Å². The van der Waals surface area contributed by atoms with Gasteiger partial charge in [-0.25, -0.2) is 4.98 Å². The topological polar surface area (TPSA) is 81.1 Å². The lowest BCUT2D eigenvalue weighted by molar-refractivity contribution is -0.114. The Balaban J connectivity index is 1.93. The highest BCUT2D eigenvalue weighted by molar-refractivity contribution is 6.00. The van der Waals surface area contributed by atoms with Crippen molar-refractivity contribution in [1.82, 2.24) is 9.55 Å². The average molecular weight is 440 g/mol. The Morgan fingerprint density at radius 3 is 2.36 bits per heavy atom. The molecule has 1 amide bonds. The van der Waals surface area contributed by atoms with E-state index in [1.54, 1.807) is 43.3 Å². The summed E-state index contributed by atoms with van der Waals surface area (Å²) in [6.07, 6.45) is 0. The number of aromatic nitrogens is 2. The molecule has 0 fully saturated rings. The molecule has 0 radical (unpaired) electrons. The van der Waals surface area contributed by atoms with Crippen molar-refractivity contribution in [2.75, 3.05) is 5.32 Å². The largest absolute Gasteiger partial charge is 0.326 e. The number of ketones is 1. The van der Waals surface area contributed by atoms with E-state index >= 15 is 0 Å². The summed E-state index contributed by atoms with van der Waals surface area (Å²) in [4.78, 5) is 43.5. The molecule has 1 aromatic heterocycles. The fourth-order valence-electron chi connectivity index (χ4n) is 3.96. The third-order valence-corrected chi connectivity index (χ3v) is 5.85. The number of carbonyl (C=O) groups excluding carboxylic acids is 2. The number of hydrogen-bond acceptors (Lipinski definition) is 4. The highest BCUT2D eigenvalue weighted by Gasteiger charge is 2.24. The van der Waals surface area contributed by atoms with Gasteiger partial charge in [0.05, 0.1) is 22.8 Å². The van der Waals surface area contributed by atoms with Gasteiger partial charge in [-0.1, -0.05) is 42.5 Å². The summed E-state index contributed by atoms with van der Waals surface area (Å²) in [6.45, 7) is 7.09. The van der Waals surface area contributed by atoms with Crippen LogP contribution in [-0.2, 0) is 4.79 Å². The molecule has 1 heterocycles. The molecule has 0 aliphatic heterocycles. The molecule has 0 spiro atoms. The Morgan fingerprint density at radius 2 is 1.64 bits per heavy atom. The molecule has 3 aromatic carbocycles. The third-order valence-electron chi connectivity index (χ3n) is 5.85. The van der Waals surface area contributed by atoms with Gasteiger partial charge in [-0.3, -0.25) is 19.0 Å². The van der Waals surface area contributed by atoms with Crippen molar-refractivity contribution in [3.05, 3.63) is 93.8 Å². The van der Waals surface area contributed by atoms with E-state index in [4.69, 9.17) is 0 Å². The van der Waals surface area contributed by atoms with Crippen LogP contribution in [0.25, 0.3) is 22.3 Å². The highest BCUT2D eigenvalue weighted by Crippen LogP contribution is 2.27. The minimum atomic E-state index is -0.751. The van der Waals surface area contributed by atoms with E-state index < -0.39 is 11.6 Å². The number of Topliss-reactive ketones (excluding diaryl/α,β-unsaturated/α-hetero) is 1. The number of anilines is 1. The number of aryl methyl sites for hydroxylation is 2. The summed E-state index contributed by atoms with van der Waals surface area (Å²) >= 11 is 0. The van der Waals surface area contributed by atoms with Gasteiger partial charge in [-0.2, -0.15) is 0 Å². The van der Waals surface area contributed by atoms with Gasteiger partial charge in [0, 0.05) is 18.1 Å². The monoisotopic (exact) mass is 439 g/mol. The number of nitrogens with one attached hydrogen (secondary N) is 1. The highest BCUT2D eigenvalue weighted by atomic mass is 16.2. The standard InChI is InChI=1S/C27H25N3O3/c1-16-13-14-20(15-17(16)2)26(32)18(3)30-24-12-8-7-11-23(24)29-25(27(30)33)21-9-5-6-10-22(21)28-19(4)31/h5-15,18H,1-4H3,(H,28,31)/t18-/m1/s1. The zero-order chi connectivity index (χ0) is 23.7. The van der Waals surface area contributed by atoms with Gasteiger partial charge in [0.2, 0.25) is 5.91 Å². The molecule has 0 saturated heterocycles. The minimum Gasteiger partial charge on any atom is -0.326 e. The molecule has 33 heavy (non-hydrogen) atoms. The number of amides is 1. The molecule has 1 atom stereocenters. The number of para-hydroxylation sites is 3. The van der Waals surface area contributed by atoms with Crippen LogP contribution in [0.2, 0.25) is 0 Å². The number of fused-ring (bicyclic) bond motifs is 1. The van der Waals surface area contributed by atoms with Crippen molar-refractivity contribution in [2.45, 2.75) is 33.7 Å². The first kappa shape index (κ1) is 22.1. The molecule has 6 heteroatoms. The van der Waals surface area contributed by atoms with Crippen LogP contribution in [0.15, 0.2) is 71.5 Å². The first-order valence-electron chi connectivity index (χ1n) is 10.8. The smallest absolute Gasteiger partial charge is 0.278 e. The predicted octanol–water partition coefficient (Wildman–Crippen LogP) is 5.08. The van der Waals surface area contributed by atoms with E-state index in [9.17, 15) is 14.4 Å². The Bertz CT molecular complexity index is 1450. The maximum atomic E-state index is 13.8. The molecule has 0 aliphatic carbocycles. The van der Waals surface area contributed by atoms with Crippen molar-refractivity contribution in [2.24, 2.45) is 0 Å². The second-order valence-electron chi connectivity index (χ2n) is 8.19. The second kappa shape index (κ2) is 8.82. The normalized spacial score (nSPS) is 11.9. The summed E-state index contributed by atoms with van der Waals surface area (Å²) in [5.74, 6) is -0.403. The van der Waals surface area contributed by atoms with Gasteiger partial charge in [0.15, 0.2) is 5.78 Å². The summed E-state index contributed by atoms with van der Waals surface area (Å²) in [5.41, 5.74) is 4.62. The molecule has 4 aromatic rings. The van der Waals surface area contributed by atoms with Crippen molar-refractivity contribution in [3.8, 4) is 11.3 Å². The van der Waals surface area contributed by atoms with E-state index in [1.807, 2.05) is 44.2 Å². The molecular weight excluding hydrogens is 414 g/mol. The van der Waals surface area contributed by atoms with Crippen molar-refractivity contribution in [3.63, 3.8) is 0 Å². The van der Waals surface area contributed by atoms with E-state index in [-0.39, 0.29) is 17.4 Å². The maximum Gasteiger partial charge on any atom is 0.278 e. The van der Waals surface area contributed by atoms with Gasteiger partial charge < -0.3 is 5.32 Å². The Kier molecular flexibility index (Phi) is 5.92. The molecule has 0 aliphatic rings. The number of benzene rings is 3. The zero-order valence-corrected chi connectivity index (χ0v) is 19.0. The van der Waals surface area contributed by atoms with Crippen LogP contribution >= 0.6 is 0 Å². The summed E-state index contributed by atoms with van der Waals surface area (Å²) in [5, 5.41) is 2.76. The lowest BCUT2D eigenvalue weighted by atomic mass is 9.99. The predicted molar refractivity (Wildman–Crippen MR) is 131 cm³/mol. The summed E-state index contributed by atoms with van der Waals surface area (Å²) < 4.78 is 1.50. The van der Waals surface area contributed by atoms with Gasteiger partial charge in [0.25, 0.3) is 5.56 Å². The van der Waals surface area contributed by atoms with Crippen LogP contribution in [0.5, 0.6) is 0 Å². The fraction of sp³-hybridized carbons (Fsp3) is 0.185. The Morgan fingerprint density at radius 1 is 0.939 bits per heavy atom. The van der Waals surface area contributed by atoms with Crippen LogP contribution in [0.1, 0.15) is 41.4 Å². The zero-order valence-electron chi connectivity index (χ0n) is 19.0. The van der Waals surface area contributed by atoms with Crippen molar-refractivity contribution >= 4 is 28.4 Å². The molecule has 1 N–H and O–H groups in total. The third kappa shape index (κ3) is 4.20. The second-order valence-corrected chi connectivity index (χ2v) is 8.19. The van der Waals surface area contributed by atoms with Crippen LogP contribution in [0, 0.1) is 13.8 Å². The van der Waals surface area contributed by atoms with Crippen LogP contribution < -0.4 is 10.9 Å². The number of hydrogen-bond donors (Lipinski definition) is 1. The SMILES string of the molecule is CC(=O)Nc1ccccc1-c1nc2ccccc2n([C@H](C)C(=O)c2ccc(C)c(C)c2)c1=O. The molecule has 4 rings (SSSR count). The first-order chi connectivity index (χ1) is 15.8.